The van der Waals surface area contributed by atoms with Crippen molar-refractivity contribution < 1.29 is 4.74 Å². The van der Waals surface area contributed by atoms with E-state index in [2.05, 4.69) is 27.0 Å². The highest BCUT2D eigenvalue weighted by molar-refractivity contribution is 9.10. The second-order valence-electron chi connectivity index (χ2n) is 4.63. The van der Waals surface area contributed by atoms with Gasteiger partial charge in [0.05, 0.1) is 5.52 Å². The molecule has 0 amide bonds. The maximum atomic E-state index is 5.86. The van der Waals surface area contributed by atoms with Gasteiger partial charge in [-0.1, -0.05) is 34.1 Å². The molecule has 3 rings (SSSR count). The Bertz CT molecular complexity index is 766. The zero-order valence-electron chi connectivity index (χ0n) is 10.9. The molecule has 2 aromatic carbocycles. The molecule has 0 spiro atoms. The molecule has 0 aliphatic heterocycles. The van der Waals surface area contributed by atoms with Crippen LogP contribution in [-0.2, 0) is 0 Å². The number of anilines is 1. The third-order valence-corrected chi connectivity index (χ3v) is 3.43. The van der Waals surface area contributed by atoms with Gasteiger partial charge < -0.3 is 10.5 Å². The molecule has 3 nitrogen and oxygen atoms in total. The van der Waals surface area contributed by atoms with E-state index in [0.717, 1.165) is 20.9 Å². The van der Waals surface area contributed by atoms with Crippen molar-refractivity contribution in [3.05, 3.63) is 58.6 Å². The van der Waals surface area contributed by atoms with Gasteiger partial charge in [-0.3, -0.25) is 0 Å². The Morgan fingerprint density at radius 1 is 1.10 bits per heavy atom. The van der Waals surface area contributed by atoms with Gasteiger partial charge in [0, 0.05) is 27.2 Å². The number of hydrogen-bond acceptors (Lipinski definition) is 3. The number of fused-ring (bicyclic) bond motifs is 1. The molecule has 4 heteroatoms. The van der Waals surface area contributed by atoms with Crippen molar-refractivity contribution in [1.29, 1.82) is 0 Å². The fourth-order valence-corrected chi connectivity index (χ4v) is 2.55. The number of hydrogen-bond donors (Lipinski definition) is 1. The minimum Gasteiger partial charge on any atom is -0.439 e. The molecule has 0 bridgehead atoms. The third-order valence-electron chi connectivity index (χ3n) is 2.98. The number of halogens is 1. The normalized spacial score (nSPS) is 10.7. The van der Waals surface area contributed by atoms with Crippen molar-refractivity contribution in [3.63, 3.8) is 0 Å². The fraction of sp³-hybridized carbons (Fsp3) is 0.0625. The number of nitrogens with two attached hydrogens (primary N) is 1. The number of ether oxygens (including phenoxy) is 1. The summed E-state index contributed by atoms with van der Waals surface area (Å²) >= 11 is 3.40. The smallest absolute Gasteiger partial charge is 0.222 e. The van der Waals surface area contributed by atoms with Crippen LogP contribution < -0.4 is 10.5 Å². The zero-order chi connectivity index (χ0) is 14.1. The molecule has 0 saturated heterocycles. The largest absolute Gasteiger partial charge is 0.439 e. The summed E-state index contributed by atoms with van der Waals surface area (Å²) in [6.45, 7) is 1.98. The number of rotatable bonds is 2. The number of para-hydroxylation sites is 1. The van der Waals surface area contributed by atoms with Crippen LogP contribution in [-0.4, -0.2) is 4.98 Å². The maximum absolute atomic E-state index is 5.86. The number of nitrogens with zero attached hydrogens (tertiary/aromatic N) is 1. The van der Waals surface area contributed by atoms with Gasteiger partial charge in [-0.15, -0.1) is 0 Å². The molecule has 3 aromatic rings. The van der Waals surface area contributed by atoms with Crippen molar-refractivity contribution in [2.45, 2.75) is 6.92 Å². The summed E-state index contributed by atoms with van der Waals surface area (Å²) in [7, 11) is 0. The quantitative estimate of drug-likeness (QED) is 0.695. The number of pyridine rings is 1. The van der Waals surface area contributed by atoms with E-state index in [1.54, 1.807) is 6.07 Å². The van der Waals surface area contributed by atoms with E-state index in [1.165, 1.54) is 0 Å². The lowest BCUT2D eigenvalue weighted by Gasteiger charge is -2.10. The second-order valence-corrected chi connectivity index (χ2v) is 5.54. The van der Waals surface area contributed by atoms with Crippen LogP contribution in [0.5, 0.6) is 11.6 Å². The first-order valence-corrected chi connectivity index (χ1v) is 7.01. The first-order chi connectivity index (χ1) is 9.61. The molecular formula is C16H13BrN2O. The Balaban J connectivity index is 2.03. The van der Waals surface area contributed by atoms with Crippen LogP contribution in [0.3, 0.4) is 0 Å². The van der Waals surface area contributed by atoms with Crippen molar-refractivity contribution in [2.24, 2.45) is 0 Å². The van der Waals surface area contributed by atoms with Crippen LogP contribution in [0.4, 0.5) is 5.69 Å². The second kappa shape index (κ2) is 5.13. The van der Waals surface area contributed by atoms with Crippen molar-refractivity contribution in [3.8, 4) is 11.6 Å². The van der Waals surface area contributed by atoms with E-state index in [0.29, 0.717) is 17.3 Å². The highest BCUT2D eigenvalue weighted by atomic mass is 79.9. The van der Waals surface area contributed by atoms with E-state index < -0.39 is 0 Å². The average molecular weight is 329 g/mol. The zero-order valence-corrected chi connectivity index (χ0v) is 12.5. The Kier molecular flexibility index (Phi) is 3.32. The van der Waals surface area contributed by atoms with Crippen molar-refractivity contribution in [2.75, 3.05) is 5.73 Å². The standard InChI is InChI=1S/C16H13BrN2O/c1-10-6-11-4-2-3-5-15(11)19-16(10)20-14-8-12(17)7-13(18)9-14/h2-9H,18H2,1H3. The van der Waals surface area contributed by atoms with Gasteiger partial charge in [-0.25, -0.2) is 4.98 Å². The summed E-state index contributed by atoms with van der Waals surface area (Å²) in [4.78, 5) is 4.55. The first kappa shape index (κ1) is 12.9. The predicted octanol–water partition coefficient (Wildman–Crippen LogP) is 4.68. The molecule has 0 aliphatic carbocycles. The summed E-state index contributed by atoms with van der Waals surface area (Å²) in [6.07, 6.45) is 0. The highest BCUT2D eigenvalue weighted by Gasteiger charge is 2.07. The molecule has 100 valence electrons. The summed E-state index contributed by atoms with van der Waals surface area (Å²) in [5.74, 6) is 1.27. The summed E-state index contributed by atoms with van der Waals surface area (Å²) in [5, 5.41) is 1.10. The lowest BCUT2D eigenvalue weighted by atomic mass is 10.2. The van der Waals surface area contributed by atoms with Crippen LogP contribution >= 0.6 is 15.9 Å². The molecule has 1 aromatic heterocycles. The molecule has 2 N–H and O–H groups in total. The SMILES string of the molecule is Cc1cc2ccccc2nc1Oc1cc(N)cc(Br)c1. The predicted molar refractivity (Wildman–Crippen MR) is 85.1 cm³/mol. The third kappa shape index (κ3) is 2.60. The number of aryl methyl sites for hydroxylation is 1. The van der Waals surface area contributed by atoms with E-state index >= 15 is 0 Å². The van der Waals surface area contributed by atoms with Gasteiger partial charge in [0.15, 0.2) is 0 Å². The minimum atomic E-state index is 0.598. The van der Waals surface area contributed by atoms with E-state index in [9.17, 15) is 0 Å². The van der Waals surface area contributed by atoms with Gasteiger partial charge in [-0.2, -0.15) is 0 Å². The monoisotopic (exact) mass is 328 g/mol. The molecule has 1 heterocycles. The van der Waals surface area contributed by atoms with Gasteiger partial charge in [-0.05, 0) is 31.2 Å². The lowest BCUT2D eigenvalue weighted by Crippen LogP contribution is -1.93. The van der Waals surface area contributed by atoms with E-state index in [-0.39, 0.29) is 0 Å². The lowest BCUT2D eigenvalue weighted by molar-refractivity contribution is 0.461. The van der Waals surface area contributed by atoms with Gasteiger partial charge in [0.2, 0.25) is 5.88 Å². The van der Waals surface area contributed by atoms with Gasteiger partial charge in [0.1, 0.15) is 5.75 Å². The van der Waals surface area contributed by atoms with Crippen LogP contribution in [0.1, 0.15) is 5.56 Å². The van der Waals surface area contributed by atoms with Crippen LogP contribution in [0.15, 0.2) is 53.0 Å². The molecule has 0 aliphatic rings. The average Bonchev–Trinajstić information content (AvgIpc) is 2.38. The summed E-state index contributed by atoms with van der Waals surface area (Å²) in [6, 6.07) is 15.5. The molecule has 0 saturated carbocycles. The summed E-state index contributed by atoms with van der Waals surface area (Å²) in [5.41, 5.74) is 8.36. The van der Waals surface area contributed by atoms with E-state index in [1.807, 2.05) is 43.3 Å². The van der Waals surface area contributed by atoms with Crippen LogP contribution in [0.2, 0.25) is 0 Å². The topological polar surface area (TPSA) is 48.1 Å². The van der Waals surface area contributed by atoms with Gasteiger partial charge in [0.25, 0.3) is 0 Å². The molecule has 20 heavy (non-hydrogen) atoms. The van der Waals surface area contributed by atoms with Crippen LogP contribution in [0, 0.1) is 6.92 Å². The maximum Gasteiger partial charge on any atom is 0.222 e. The molecule has 0 fully saturated rings. The van der Waals surface area contributed by atoms with E-state index in [4.69, 9.17) is 10.5 Å². The molecule has 0 unspecified atom stereocenters. The number of nitrogen functional groups attached to an aromatic ring is 1. The minimum absolute atomic E-state index is 0.598. The van der Waals surface area contributed by atoms with Crippen LogP contribution in [0.25, 0.3) is 10.9 Å². The Hall–Kier alpha value is -2.07. The Morgan fingerprint density at radius 3 is 2.70 bits per heavy atom. The Morgan fingerprint density at radius 2 is 1.90 bits per heavy atom. The van der Waals surface area contributed by atoms with Crippen molar-refractivity contribution in [1.82, 2.24) is 4.98 Å². The Labute approximate surface area is 125 Å². The number of aromatic nitrogens is 1. The van der Waals surface area contributed by atoms with Gasteiger partial charge >= 0.3 is 0 Å². The number of benzene rings is 2. The molecular weight excluding hydrogens is 316 g/mol. The highest BCUT2D eigenvalue weighted by Crippen LogP contribution is 2.29. The molecule has 0 atom stereocenters. The summed E-state index contributed by atoms with van der Waals surface area (Å²) < 4.78 is 6.74. The first-order valence-electron chi connectivity index (χ1n) is 6.22. The molecule has 0 radical (unpaired) electrons. The fourth-order valence-electron chi connectivity index (χ4n) is 2.06. The van der Waals surface area contributed by atoms with Crippen molar-refractivity contribution >= 4 is 32.5 Å².